The van der Waals surface area contributed by atoms with Crippen molar-refractivity contribution in [1.29, 1.82) is 0 Å². The van der Waals surface area contributed by atoms with Crippen LogP contribution in [0.3, 0.4) is 0 Å². The van der Waals surface area contributed by atoms with Crippen molar-refractivity contribution < 1.29 is 9.72 Å². The molecular formula is C11H13N3O3S. The van der Waals surface area contributed by atoms with Gasteiger partial charge >= 0.3 is 5.00 Å². The van der Waals surface area contributed by atoms with Gasteiger partial charge in [0, 0.05) is 25.2 Å². The third kappa shape index (κ3) is 1.99. The van der Waals surface area contributed by atoms with E-state index in [1.54, 1.807) is 0 Å². The van der Waals surface area contributed by atoms with Gasteiger partial charge in [-0.2, -0.15) is 0 Å². The Morgan fingerprint density at radius 3 is 2.89 bits per heavy atom. The number of carbonyl (C=O) groups excluding carboxylic acids is 1. The maximum absolute atomic E-state index is 12.0. The first-order valence-electron chi connectivity index (χ1n) is 5.91. The second-order valence-electron chi connectivity index (χ2n) is 4.78. The minimum absolute atomic E-state index is 0.0110. The van der Waals surface area contributed by atoms with Crippen molar-refractivity contribution in [2.24, 2.45) is 5.92 Å². The molecule has 1 aromatic rings. The first-order chi connectivity index (χ1) is 8.63. The highest BCUT2D eigenvalue weighted by Crippen LogP contribution is 2.29. The second kappa shape index (κ2) is 4.33. The van der Waals surface area contributed by atoms with E-state index in [0.29, 0.717) is 10.8 Å². The van der Waals surface area contributed by atoms with E-state index >= 15 is 0 Å². The van der Waals surface area contributed by atoms with E-state index in [9.17, 15) is 14.9 Å². The van der Waals surface area contributed by atoms with Crippen LogP contribution in [0.25, 0.3) is 0 Å². The summed E-state index contributed by atoms with van der Waals surface area (Å²) in [7, 11) is 0. The van der Waals surface area contributed by atoms with Crippen LogP contribution in [0.1, 0.15) is 16.1 Å². The normalized spacial score (nSPS) is 29.4. The van der Waals surface area contributed by atoms with Crippen LogP contribution in [0.4, 0.5) is 5.00 Å². The minimum Gasteiger partial charge on any atom is -0.347 e. The molecule has 2 aliphatic rings. The number of thiophene rings is 1. The molecule has 0 spiro atoms. The number of hydrogen-bond acceptors (Lipinski definition) is 5. The van der Waals surface area contributed by atoms with Crippen molar-refractivity contribution >= 4 is 22.2 Å². The topological polar surface area (TPSA) is 75.5 Å². The van der Waals surface area contributed by atoms with E-state index in [1.165, 1.54) is 12.1 Å². The molecule has 3 rings (SSSR count). The maximum atomic E-state index is 12.0. The first kappa shape index (κ1) is 11.6. The largest absolute Gasteiger partial charge is 0.347 e. The van der Waals surface area contributed by atoms with Crippen LogP contribution in [0.2, 0.25) is 0 Å². The molecular weight excluding hydrogens is 254 g/mol. The molecule has 3 unspecified atom stereocenters. The molecule has 0 aliphatic carbocycles. The molecule has 3 heterocycles. The summed E-state index contributed by atoms with van der Waals surface area (Å²) in [6.07, 6.45) is 1.13. The molecule has 18 heavy (non-hydrogen) atoms. The van der Waals surface area contributed by atoms with E-state index in [4.69, 9.17) is 0 Å². The monoisotopic (exact) mass is 267 g/mol. The van der Waals surface area contributed by atoms with Gasteiger partial charge in [0.05, 0.1) is 9.80 Å². The van der Waals surface area contributed by atoms with Crippen LogP contribution in [0.5, 0.6) is 0 Å². The number of nitro groups is 1. The SMILES string of the molecule is O=C(NC1CN2CCC1C2)c1ccc([N+](=O)[O-])s1. The molecule has 0 radical (unpaired) electrons. The van der Waals surface area contributed by atoms with Gasteiger partial charge in [0.2, 0.25) is 0 Å². The average Bonchev–Trinajstić information content (AvgIpc) is 3.04. The van der Waals surface area contributed by atoms with Gasteiger partial charge in [0.15, 0.2) is 0 Å². The van der Waals surface area contributed by atoms with Gasteiger partial charge in [-0.25, -0.2) is 0 Å². The number of hydrogen-bond donors (Lipinski definition) is 1. The van der Waals surface area contributed by atoms with E-state index in [2.05, 4.69) is 10.2 Å². The number of rotatable bonds is 3. The molecule has 2 saturated heterocycles. The zero-order chi connectivity index (χ0) is 12.7. The molecule has 96 valence electrons. The lowest BCUT2D eigenvalue weighted by atomic mass is 10.00. The highest BCUT2D eigenvalue weighted by molar-refractivity contribution is 7.17. The van der Waals surface area contributed by atoms with Gasteiger partial charge in [-0.05, 0) is 24.9 Å². The molecule has 2 aliphatic heterocycles. The summed E-state index contributed by atoms with van der Waals surface area (Å²) >= 11 is 0.928. The van der Waals surface area contributed by atoms with Gasteiger partial charge < -0.3 is 10.2 Å². The van der Waals surface area contributed by atoms with E-state index < -0.39 is 4.92 Å². The van der Waals surface area contributed by atoms with Crippen molar-refractivity contribution in [2.45, 2.75) is 12.5 Å². The van der Waals surface area contributed by atoms with Crippen LogP contribution in [0, 0.1) is 16.0 Å². The third-order valence-electron chi connectivity index (χ3n) is 3.64. The number of fused-ring (bicyclic) bond motifs is 2. The summed E-state index contributed by atoms with van der Waals surface area (Å²) < 4.78 is 0. The average molecular weight is 267 g/mol. The van der Waals surface area contributed by atoms with Crippen molar-refractivity contribution in [3.8, 4) is 0 Å². The Morgan fingerprint density at radius 1 is 1.50 bits per heavy atom. The number of nitrogens with one attached hydrogen (secondary N) is 1. The van der Waals surface area contributed by atoms with Crippen molar-refractivity contribution in [3.05, 3.63) is 27.1 Å². The fourth-order valence-corrected chi connectivity index (χ4v) is 3.46. The molecule has 3 atom stereocenters. The lowest BCUT2D eigenvalue weighted by Crippen LogP contribution is -2.42. The number of nitrogens with zero attached hydrogens (tertiary/aromatic N) is 2. The number of carbonyl (C=O) groups is 1. The van der Waals surface area contributed by atoms with Crippen LogP contribution < -0.4 is 5.32 Å². The van der Waals surface area contributed by atoms with E-state index in [-0.39, 0.29) is 17.0 Å². The Hall–Kier alpha value is -1.47. The van der Waals surface area contributed by atoms with Crippen molar-refractivity contribution in [3.63, 3.8) is 0 Å². The Balaban J connectivity index is 1.65. The lowest BCUT2D eigenvalue weighted by Gasteiger charge is -2.22. The van der Waals surface area contributed by atoms with E-state index in [1.807, 2.05) is 0 Å². The smallest absolute Gasteiger partial charge is 0.324 e. The molecule has 7 heteroatoms. The number of piperidine rings is 1. The molecule has 1 N–H and O–H groups in total. The van der Waals surface area contributed by atoms with Crippen LogP contribution in [-0.2, 0) is 0 Å². The Bertz CT molecular complexity index is 501. The first-order valence-corrected chi connectivity index (χ1v) is 6.72. The van der Waals surface area contributed by atoms with Crippen LogP contribution in [0.15, 0.2) is 12.1 Å². The third-order valence-corrected chi connectivity index (χ3v) is 4.68. The Kier molecular flexibility index (Phi) is 2.79. The summed E-state index contributed by atoms with van der Waals surface area (Å²) in [5.41, 5.74) is 0. The summed E-state index contributed by atoms with van der Waals surface area (Å²) in [4.78, 5) is 24.8. The Labute approximate surface area is 108 Å². The summed E-state index contributed by atoms with van der Waals surface area (Å²) in [5.74, 6) is 0.357. The highest BCUT2D eigenvalue weighted by atomic mass is 32.1. The molecule has 2 bridgehead atoms. The van der Waals surface area contributed by atoms with Crippen molar-refractivity contribution in [1.82, 2.24) is 10.2 Å². The van der Waals surface area contributed by atoms with Crippen LogP contribution >= 0.6 is 11.3 Å². The summed E-state index contributed by atoms with van der Waals surface area (Å²) in [6, 6.07) is 3.10. The second-order valence-corrected chi connectivity index (χ2v) is 5.85. The van der Waals surface area contributed by atoms with Gasteiger partial charge in [-0.15, -0.1) is 0 Å². The Morgan fingerprint density at radius 2 is 2.33 bits per heavy atom. The lowest BCUT2D eigenvalue weighted by molar-refractivity contribution is -0.380. The van der Waals surface area contributed by atoms with Crippen LogP contribution in [-0.4, -0.2) is 41.4 Å². The number of amides is 1. The molecule has 6 nitrogen and oxygen atoms in total. The predicted molar refractivity (Wildman–Crippen MR) is 66.8 cm³/mol. The molecule has 0 saturated carbocycles. The fraction of sp³-hybridized carbons (Fsp3) is 0.545. The minimum atomic E-state index is -0.468. The highest BCUT2D eigenvalue weighted by Gasteiger charge is 2.38. The predicted octanol–water partition coefficient (Wildman–Crippen LogP) is 1.09. The quantitative estimate of drug-likeness (QED) is 0.657. The summed E-state index contributed by atoms with van der Waals surface area (Å²) in [6.45, 7) is 3.10. The van der Waals surface area contributed by atoms with Gasteiger partial charge in [-0.1, -0.05) is 11.3 Å². The van der Waals surface area contributed by atoms with Gasteiger partial charge in [0.25, 0.3) is 5.91 Å². The van der Waals surface area contributed by atoms with Crippen molar-refractivity contribution in [2.75, 3.05) is 19.6 Å². The van der Waals surface area contributed by atoms with Gasteiger partial charge in [0.1, 0.15) is 0 Å². The standard InChI is InChI=1S/C11H13N3O3S/c15-11(9-1-2-10(18-9)14(16)17)12-8-6-13-4-3-7(8)5-13/h1-2,7-8H,3-6H2,(H,12,15). The molecule has 2 fully saturated rings. The van der Waals surface area contributed by atoms with E-state index in [0.717, 1.165) is 37.4 Å². The van der Waals surface area contributed by atoms with Gasteiger partial charge in [-0.3, -0.25) is 14.9 Å². The maximum Gasteiger partial charge on any atom is 0.324 e. The zero-order valence-electron chi connectivity index (χ0n) is 9.67. The fourth-order valence-electron chi connectivity index (χ4n) is 2.73. The molecule has 0 aromatic carbocycles. The molecule has 1 aromatic heterocycles. The molecule has 1 amide bonds. The summed E-state index contributed by atoms with van der Waals surface area (Å²) in [5, 5.41) is 13.6. The zero-order valence-corrected chi connectivity index (χ0v) is 10.5.